The number of aromatic amines is 1. The lowest BCUT2D eigenvalue weighted by Crippen LogP contribution is -2.27. The Morgan fingerprint density at radius 3 is 2.38 bits per heavy atom. The molecule has 3 rings (SSSR count). The van der Waals surface area contributed by atoms with Crippen LogP contribution in [-0.4, -0.2) is 34.1 Å². The SMILES string of the molecule is Cc1n[nH]c(C)c1[C@H](C)NC(=O)c1ccc(CN2CCCCCC2)cc1. The number of H-pyrrole nitrogens is 1. The van der Waals surface area contributed by atoms with Crippen molar-refractivity contribution in [3.63, 3.8) is 0 Å². The van der Waals surface area contributed by atoms with Crippen molar-refractivity contribution in [2.24, 2.45) is 0 Å². The summed E-state index contributed by atoms with van der Waals surface area (Å²) in [6.07, 6.45) is 5.29. The molecule has 1 aromatic heterocycles. The highest BCUT2D eigenvalue weighted by molar-refractivity contribution is 5.94. The normalized spacial score (nSPS) is 16.9. The van der Waals surface area contributed by atoms with Gasteiger partial charge in [0.2, 0.25) is 0 Å². The Hall–Kier alpha value is -2.14. The van der Waals surface area contributed by atoms with E-state index >= 15 is 0 Å². The minimum absolute atomic E-state index is 0.0428. The molecule has 1 fully saturated rings. The molecule has 140 valence electrons. The van der Waals surface area contributed by atoms with Crippen LogP contribution in [0.4, 0.5) is 0 Å². The maximum atomic E-state index is 12.6. The largest absolute Gasteiger partial charge is 0.345 e. The van der Waals surface area contributed by atoms with Gasteiger partial charge in [-0.05, 0) is 64.4 Å². The summed E-state index contributed by atoms with van der Waals surface area (Å²) in [6, 6.07) is 7.96. The second-order valence-corrected chi connectivity index (χ2v) is 7.43. The zero-order valence-corrected chi connectivity index (χ0v) is 16.1. The Morgan fingerprint density at radius 1 is 1.15 bits per heavy atom. The van der Waals surface area contributed by atoms with E-state index in [-0.39, 0.29) is 11.9 Å². The van der Waals surface area contributed by atoms with Gasteiger partial charge >= 0.3 is 0 Å². The molecule has 0 unspecified atom stereocenters. The molecule has 1 atom stereocenters. The number of carbonyl (C=O) groups is 1. The van der Waals surface area contributed by atoms with E-state index in [1.165, 1.54) is 44.3 Å². The van der Waals surface area contributed by atoms with Gasteiger partial charge in [0.1, 0.15) is 0 Å². The number of nitrogens with one attached hydrogen (secondary N) is 2. The molecule has 0 radical (unpaired) electrons. The van der Waals surface area contributed by atoms with Crippen LogP contribution < -0.4 is 5.32 Å². The summed E-state index contributed by atoms with van der Waals surface area (Å²) in [6.45, 7) is 9.28. The molecular weight excluding hydrogens is 324 g/mol. The van der Waals surface area contributed by atoms with E-state index < -0.39 is 0 Å². The maximum Gasteiger partial charge on any atom is 0.251 e. The van der Waals surface area contributed by atoms with Gasteiger partial charge in [-0.1, -0.05) is 25.0 Å². The zero-order chi connectivity index (χ0) is 18.5. The second kappa shape index (κ2) is 8.49. The van der Waals surface area contributed by atoms with Crippen LogP contribution in [0.25, 0.3) is 0 Å². The lowest BCUT2D eigenvalue weighted by Gasteiger charge is -2.20. The van der Waals surface area contributed by atoms with E-state index in [1.807, 2.05) is 32.9 Å². The highest BCUT2D eigenvalue weighted by Crippen LogP contribution is 2.20. The highest BCUT2D eigenvalue weighted by atomic mass is 16.1. The summed E-state index contributed by atoms with van der Waals surface area (Å²) < 4.78 is 0. The average Bonchev–Trinajstić information content (AvgIpc) is 2.81. The van der Waals surface area contributed by atoms with E-state index in [0.717, 1.165) is 23.5 Å². The van der Waals surface area contributed by atoms with Gasteiger partial charge in [0.25, 0.3) is 5.91 Å². The van der Waals surface area contributed by atoms with Gasteiger partial charge in [-0.25, -0.2) is 0 Å². The van der Waals surface area contributed by atoms with Crippen LogP contribution in [0.1, 0.15) is 71.5 Å². The summed E-state index contributed by atoms with van der Waals surface area (Å²) in [5.41, 5.74) is 4.98. The Kier molecular flexibility index (Phi) is 6.09. The molecule has 1 saturated heterocycles. The molecule has 1 amide bonds. The van der Waals surface area contributed by atoms with Crippen LogP contribution in [0, 0.1) is 13.8 Å². The third kappa shape index (κ3) is 4.52. The molecule has 2 N–H and O–H groups in total. The van der Waals surface area contributed by atoms with Crippen molar-refractivity contribution >= 4 is 5.91 Å². The van der Waals surface area contributed by atoms with Gasteiger partial charge in [0.15, 0.2) is 0 Å². The summed E-state index contributed by atoms with van der Waals surface area (Å²) in [5, 5.41) is 10.3. The lowest BCUT2D eigenvalue weighted by molar-refractivity contribution is 0.0939. The molecule has 1 aromatic carbocycles. The molecule has 26 heavy (non-hydrogen) atoms. The first-order valence-electron chi connectivity index (χ1n) is 9.68. The molecule has 0 spiro atoms. The molecule has 0 aliphatic carbocycles. The number of hydrogen-bond donors (Lipinski definition) is 2. The van der Waals surface area contributed by atoms with Gasteiger partial charge in [0.05, 0.1) is 11.7 Å². The molecule has 1 aliphatic rings. The minimum atomic E-state index is -0.0713. The van der Waals surface area contributed by atoms with Crippen molar-refractivity contribution in [3.8, 4) is 0 Å². The van der Waals surface area contributed by atoms with Crippen LogP contribution in [0.2, 0.25) is 0 Å². The monoisotopic (exact) mass is 354 g/mol. The second-order valence-electron chi connectivity index (χ2n) is 7.43. The summed E-state index contributed by atoms with van der Waals surface area (Å²) >= 11 is 0. The Morgan fingerprint density at radius 2 is 1.81 bits per heavy atom. The number of rotatable bonds is 5. The molecular formula is C21H30N4O. The summed E-state index contributed by atoms with van der Waals surface area (Å²) in [7, 11) is 0. The fraction of sp³-hybridized carbons (Fsp3) is 0.524. The number of amides is 1. The van der Waals surface area contributed by atoms with E-state index in [2.05, 4.69) is 32.5 Å². The maximum absolute atomic E-state index is 12.6. The van der Waals surface area contributed by atoms with Gasteiger partial charge in [-0.2, -0.15) is 5.10 Å². The van der Waals surface area contributed by atoms with Crippen molar-refractivity contribution in [3.05, 3.63) is 52.3 Å². The average molecular weight is 354 g/mol. The van der Waals surface area contributed by atoms with Gasteiger partial charge in [-0.3, -0.25) is 14.8 Å². The smallest absolute Gasteiger partial charge is 0.251 e. The number of aromatic nitrogens is 2. The summed E-state index contributed by atoms with van der Waals surface area (Å²) in [5.74, 6) is -0.0428. The quantitative estimate of drug-likeness (QED) is 0.856. The van der Waals surface area contributed by atoms with Crippen molar-refractivity contribution in [1.82, 2.24) is 20.4 Å². The van der Waals surface area contributed by atoms with E-state index in [4.69, 9.17) is 0 Å². The lowest BCUT2D eigenvalue weighted by atomic mass is 10.1. The third-order valence-corrected chi connectivity index (χ3v) is 5.29. The first-order chi connectivity index (χ1) is 12.5. The first kappa shape index (κ1) is 18.6. The van der Waals surface area contributed by atoms with Crippen molar-refractivity contribution < 1.29 is 4.79 Å². The molecule has 0 saturated carbocycles. The van der Waals surface area contributed by atoms with Crippen molar-refractivity contribution in [1.29, 1.82) is 0 Å². The molecule has 5 nitrogen and oxygen atoms in total. The van der Waals surface area contributed by atoms with Crippen molar-refractivity contribution in [2.75, 3.05) is 13.1 Å². The number of benzene rings is 1. The van der Waals surface area contributed by atoms with E-state index in [0.29, 0.717) is 5.56 Å². The van der Waals surface area contributed by atoms with E-state index in [9.17, 15) is 4.79 Å². The number of hydrogen-bond acceptors (Lipinski definition) is 3. The van der Waals surface area contributed by atoms with Crippen LogP contribution in [0.15, 0.2) is 24.3 Å². The van der Waals surface area contributed by atoms with Crippen LogP contribution in [0.5, 0.6) is 0 Å². The zero-order valence-electron chi connectivity index (χ0n) is 16.1. The van der Waals surface area contributed by atoms with Crippen LogP contribution >= 0.6 is 0 Å². The van der Waals surface area contributed by atoms with Gasteiger partial charge in [-0.15, -0.1) is 0 Å². The van der Waals surface area contributed by atoms with Gasteiger partial charge in [0, 0.05) is 23.4 Å². The number of carbonyl (C=O) groups excluding carboxylic acids is 1. The predicted octanol–water partition coefficient (Wildman–Crippen LogP) is 3.89. The Bertz CT molecular complexity index is 707. The fourth-order valence-electron chi connectivity index (χ4n) is 3.86. The van der Waals surface area contributed by atoms with Crippen molar-refractivity contribution in [2.45, 2.75) is 59.0 Å². The van der Waals surface area contributed by atoms with Crippen LogP contribution in [-0.2, 0) is 6.54 Å². The fourth-order valence-corrected chi connectivity index (χ4v) is 3.86. The minimum Gasteiger partial charge on any atom is -0.345 e. The topological polar surface area (TPSA) is 61.0 Å². The van der Waals surface area contributed by atoms with Crippen LogP contribution in [0.3, 0.4) is 0 Å². The Balaban J connectivity index is 1.59. The standard InChI is InChI=1S/C21H30N4O/c1-15(20-16(2)23-24-17(20)3)22-21(26)19-10-8-18(9-11-19)14-25-12-6-4-5-7-13-25/h8-11,15H,4-7,12-14H2,1-3H3,(H,22,26)(H,23,24)/t15-/m0/s1. The third-order valence-electron chi connectivity index (χ3n) is 5.29. The first-order valence-corrected chi connectivity index (χ1v) is 9.68. The number of aryl methyl sites for hydroxylation is 2. The predicted molar refractivity (Wildman–Crippen MR) is 104 cm³/mol. The van der Waals surface area contributed by atoms with E-state index in [1.54, 1.807) is 0 Å². The van der Waals surface area contributed by atoms with Gasteiger partial charge < -0.3 is 5.32 Å². The Labute approximate surface area is 156 Å². The summed E-state index contributed by atoms with van der Waals surface area (Å²) in [4.78, 5) is 15.1. The number of likely N-dealkylation sites (tertiary alicyclic amines) is 1. The molecule has 1 aliphatic heterocycles. The molecule has 0 bridgehead atoms. The molecule has 2 heterocycles. The molecule has 5 heteroatoms. The molecule has 2 aromatic rings. The number of nitrogens with zero attached hydrogens (tertiary/aromatic N) is 2. The highest BCUT2D eigenvalue weighted by Gasteiger charge is 2.17.